The van der Waals surface area contributed by atoms with Crippen LogP contribution in [0, 0.1) is 5.92 Å². The topological polar surface area (TPSA) is 41.6 Å². The van der Waals surface area contributed by atoms with E-state index in [0.29, 0.717) is 5.75 Å². The van der Waals surface area contributed by atoms with E-state index in [9.17, 15) is 4.79 Å². The van der Waals surface area contributed by atoms with E-state index >= 15 is 0 Å². The minimum absolute atomic E-state index is 0.0159. The molecule has 2 aromatic rings. The normalized spacial score (nSPS) is 17.9. The molecule has 1 amide bonds. The number of nitrogens with zero attached hydrogens (tertiary/aromatic N) is 1. The van der Waals surface area contributed by atoms with Gasteiger partial charge in [0.15, 0.2) is 0 Å². The minimum atomic E-state index is -0.0159. The Balaban J connectivity index is 1.61. The van der Waals surface area contributed by atoms with E-state index in [1.807, 2.05) is 42.5 Å². The van der Waals surface area contributed by atoms with Gasteiger partial charge in [0.2, 0.25) is 5.91 Å². The monoisotopic (exact) mass is 358 g/mol. The number of ether oxygens (including phenoxy) is 1. The third-order valence-corrected chi connectivity index (χ3v) is 4.77. The number of halogens is 1. The van der Waals surface area contributed by atoms with Gasteiger partial charge in [-0.15, -0.1) is 0 Å². The van der Waals surface area contributed by atoms with Crippen LogP contribution in [0.5, 0.6) is 5.75 Å². The minimum Gasteiger partial charge on any atom is -0.495 e. The summed E-state index contributed by atoms with van der Waals surface area (Å²) in [7, 11) is 1.61. The smallest absolute Gasteiger partial charge is 0.228 e. The van der Waals surface area contributed by atoms with Gasteiger partial charge in [-0.05, 0) is 49.2 Å². The third-order valence-electron chi connectivity index (χ3n) is 4.54. The molecule has 1 fully saturated rings. The molecule has 1 atom stereocenters. The maximum Gasteiger partial charge on any atom is 0.228 e. The number of anilines is 1. The molecule has 132 valence electrons. The Hall–Kier alpha value is -2.04. The highest BCUT2D eigenvalue weighted by Crippen LogP contribution is 2.26. The summed E-state index contributed by atoms with van der Waals surface area (Å²) in [6.07, 6.45) is 1.93. The quantitative estimate of drug-likeness (QED) is 0.870. The Labute approximate surface area is 153 Å². The Kier molecular flexibility index (Phi) is 5.95. The van der Waals surface area contributed by atoms with E-state index in [0.717, 1.165) is 43.2 Å². The zero-order chi connectivity index (χ0) is 17.6. The Morgan fingerprint density at radius 3 is 2.92 bits per heavy atom. The van der Waals surface area contributed by atoms with Crippen molar-refractivity contribution in [1.29, 1.82) is 0 Å². The van der Waals surface area contributed by atoms with Gasteiger partial charge in [0.05, 0.1) is 18.7 Å². The van der Waals surface area contributed by atoms with Gasteiger partial charge in [0, 0.05) is 18.1 Å². The van der Waals surface area contributed by atoms with E-state index in [2.05, 4.69) is 16.3 Å². The molecule has 1 aliphatic heterocycles. The molecule has 0 aromatic heterocycles. The van der Waals surface area contributed by atoms with Crippen LogP contribution in [0.25, 0.3) is 0 Å². The van der Waals surface area contributed by atoms with E-state index < -0.39 is 0 Å². The number of nitrogens with one attached hydrogen (secondary N) is 1. The number of para-hydroxylation sites is 2. The van der Waals surface area contributed by atoms with Crippen molar-refractivity contribution in [2.75, 3.05) is 25.5 Å². The van der Waals surface area contributed by atoms with Crippen LogP contribution in [0.2, 0.25) is 5.02 Å². The van der Waals surface area contributed by atoms with E-state index in [1.54, 1.807) is 7.11 Å². The van der Waals surface area contributed by atoms with Crippen molar-refractivity contribution in [1.82, 2.24) is 4.90 Å². The number of benzene rings is 2. The molecule has 25 heavy (non-hydrogen) atoms. The number of methoxy groups -OCH3 is 1. The summed E-state index contributed by atoms with van der Waals surface area (Å²) >= 11 is 6.07. The molecule has 3 rings (SSSR count). The van der Waals surface area contributed by atoms with Crippen LogP contribution in [0.4, 0.5) is 5.69 Å². The fraction of sp³-hybridized carbons (Fsp3) is 0.350. The van der Waals surface area contributed by atoms with Crippen molar-refractivity contribution >= 4 is 23.2 Å². The van der Waals surface area contributed by atoms with Gasteiger partial charge >= 0.3 is 0 Å². The van der Waals surface area contributed by atoms with Gasteiger partial charge in [-0.3, -0.25) is 9.69 Å². The number of rotatable bonds is 5. The van der Waals surface area contributed by atoms with Gasteiger partial charge in [-0.1, -0.05) is 35.9 Å². The average molecular weight is 359 g/mol. The van der Waals surface area contributed by atoms with Crippen LogP contribution in [0.1, 0.15) is 18.4 Å². The molecule has 0 aliphatic carbocycles. The molecule has 4 nitrogen and oxygen atoms in total. The molecule has 0 saturated carbocycles. The standard InChI is InChI=1S/C20H23ClN2O2/c1-25-19-10-3-2-9-18(19)22-20(24)16-7-5-11-23(14-16)13-15-6-4-8-17(21)12-15/h2-4,6,8-10,12,16H,5,7,11,13-14H2,1H3,(H,22,24). The molecule has 1 N–H and O–H groups in total. The van der Waals surface area contributed by atoms with Gasteiger partial charge in [0.25, 0.3) is 0 Å². The van der Waals surface area contributed by atoms with Gasteiger partial charge in [0.1, 0.15) is 5.75 Å². The summed E-state index contributed by atoms with van der Waals surface area (Å²) in [6, 6.07) is 15.4. The van der Waals surface area contributed by atoms with Gasteiger partial charge in [-0.25, -0.2) is 0 Å². The lowest BCUT2D eigenvalue weighted by atomic mass is 9.96. The van der Waals surface area contributed by atoms with Crippen molar-refractivity contribution < 1.29 is 9.53 Å². The molecular formula is C20H23ClN2O2. The number of carbonyl (C=O) groups excluding carboxylic acids is 1. The number of carbonyl (C=O) groups is 1. The highest BCUT2D eigenvalue weighted by molar-refractivity contribution is 6.30. The molecular weight excluding hydrogens is 336 g/mol. The van der Waals surface area contributed by atoms with Crippen molar-refractivity contribution in [3.63, 3.8) is 0 Å². The largest absolute Gasteiger partial charge is 0.495 e. The first-order valence-electron chi connectivity index (χ1n) is 8.56. The lowest BCUT2D eigenvalue weighted by Gasteiger charge is -2.32. The summed E-state index contributed by atoms with van der Waals surface area (Å²) in [5, 5.41) is 3.76. The maximum absolute atomic E-state index is 12.7. The number of piperidine rings is 1. The molecule has 1 heterocycles. The Bertz CT molecular complexity index is 735. The summed E-state index contributed by atoms with van der Waals surface area (Å²) in [4.78, 5) is 15.0. The van der Waals surface area contributed by atoms with Gasteiger partial charge < -0.3 is 10.1 Å². The fourth-order valence-electron chi connectivity index (χ4n) is 3.29. The van der Waals surface area contributed by atoms with Crippen molar-refractivity contribution in [3.05, 3.63) is 59.1 Å². The highest BCUT2D eigenvalue weighted by atomic mass is 35.5. The summed E-state index contributed by atoms with van der Waals surface area (Å²) in [5.74, 6) is 0.723. The van der Waals surface area contributed by atoms with Crippen LogP contribution in [0.15, 0.2) is 48.5 Å². The summed E-state index contributed by atoms with van der Waals surface area (Å²) in [5.41, 5.74) is 1.90. The van der Waals surface area contributed by atoms with Crippen LogP contribution < -0.4 is 10.1 Å². The second-order valence-corrected chi connectivity index (χ2v) is 6.83. The Morgan fingerprint density at radius 2 is 2.12 bits per heavy atom. The first-order valence-corrected chi connectivity index (χ1v) is 8.94. The summed E-state index contributed by atoms with van der Waals surface area (Å²) < 4.78 is 5.31. The molecule has 2 aromatic carbocycles. The molecule has 0 bridgehead atoms. The lowest BCUT2D eigenvalue weighted by molar-refractivity contribution is -0.121. The van der Waals surface area contributed by atoms with Crippen molar-refractivity contribution in [2.24, 2.45) is 5.92 Å². The van der Waals surface area contributed by atoms with Crippen LogP contribution in [-0.4, -0.2) is 31.0 Å². The highest BCUT2D eigenvalue weighted by Gasteiger charge is 2.26. The molecule has 1 saturated heterocycles. The average Bonchev–Trinajstić information content (AvgIpc) is 2.62. The fourth-order valence-corrected chi connectivity index (χ4v) is 3.50. The predicted molar refractivity (Wildman–Crippen MR) is 101 cm³/mol. The molecule has 1 unspecified atom stereocenters. The molecule has 0 spiro atoms. The predicted octanol–water partition coefficient (Wildman–Crippen LogP) is 4.20. The van der Waals surface area contributed by atoms with Crippen molar-refractivity contribution in [3.8, 4) is 5.75 Å². The number of amides is 1. The first kappa shape index (κ1) is 17.8. The number of hydrogen-bond donors (Lipinski definition) is 1. The van der Waals surface area contributed by atoms with Crippen molar-refractivity contribution in [2.45, 2.75) is 19.4 Å². The number of hydrogen-bond acceptors (Lipinski definition) is 3. The summed E-state index contributed by atoms with van der Waals surface area (Å²) in [6.45, 7) is 2.58. The third kappa shape index (κ3) is 4.74. The van der Waals surface area contributed by atoms with Crippen LogP contribution >= 0.6 is 11.6 Å². The zero-order valence-electron chi connectivity index (χ0n) is 14.4. The molecule has 5 heteroatoms. The first-order chi connectivity index (χ1) is 12.2. The van der Waals surface area contributed by atoms with E-state index in [1.165, 1.54) is 5.56 Å². The van der Waals surface area contributed by atoms with Crippen LogP contribution in [-0.2, 0) is 11.3 Å². The molecule has 1 aliphatic rings. The van der Waals surface area contributed by atoms with E-state index in [-0.39, 0.29) is 11.8 Å². The maximum atomic E-state index is 12.7. The SMILES string of the molecule is COc1ccccc1NC(=O)C1CCCN(Cc2cccc(Cl)c2)C1. The van der Waals surface area contributed by atoms with Crippen LogP contribution in [0.3, 0.4) is 0 Å². The second-order valence-electron chi connectivity index (χ2n) is 6.39. The zero-order valence-corrected chi connectivity index (χ0v) is 15.1. The lowest BCUT2D eigenvalue weighted by Crippen LogP contribution is -2.40. The Morgan fingerprint density at radius 1 is 1.28 bits per heavy atom. The van der Waals surface area contributed by atoms with Gasteiger partial charge in [-0.2, -0.15) is 0 Å². The second kappa shape index (κ2) is 8.37. The number of likely N-dealkylation sites (tertiary alicyclic amines) is 1. The van der Waals surface area contributed by atoms with E-state index in [4.69, 9.17) is 16.3 Å². The molecule has 0 radical (unpaired) electrons.